The summed E-state index contributed by atoms with van der Waals surface area (Å²) in [6, 6.07) is 5.54. The lowest BCUT2D eigenvalue weighted by Crippen LogP contribution is -2.25. The third-order valence-corrected chi connectivity index (χ3v) is 4.41. The Kier molecular flexibility index (Phi) is 3.00. The fourth-order valence-electron chi connectivity index (χ4n) is 3.15. The molecule has 0 unspecified atom stereocenters. The molecule has 0 spiro atoms. The number of rotatable bonds is 3. The molecule has 0 amide bonds. The van der Waals surface area contributed by atoms with E-state index < -0.39 is 5.69 Å². The van der Waals surface area contributed by atoms with Crippen molar-refractivity contribution < 1.29 is 4.39 Å². The van der Waals surface area contributed by atoms with Crippen LogP contribution < -0.4 is 11.2 Å². The summed E-state index contributed by atoms with van der Waals surface area (Å²) < 4.78 is 14.5. The summed E-state index contributed by atoms with van der Waals surface area (Å²) in [6.45, 7) is 1.32. The molecule has 2 heterocycles. The molecule has 2 N–H and O–H groups in total. The fraction of sp³-hybridized carbons (Fsp3) is 0.375. The third-order valence-electron chi connectivity index (χ3n) is 4.41. The number of hydrogen-bond donors (Lipinski definition) is 2. The molecule has 0 atom stereocenters. The van der Waals surface area contributed by atoms with Crippen molar-refractivity contribution in [2.24, 2.45) is 0 Å². The number of H-pyrrole nitrogens is 2. The quantitative estimate of drug-likeness (QED) is 0.904. The second-order valence-corrected chi connectivity index (χ2v) is 6.11. The predicted molar refractivity (Wildman–Crippen MR) is 79.0 cm³/mol. The lowest BCUT2D eigenvalue weighted by molar-refractivity contribution is 0.269. The van der Waals surface area contributed by atoms with Crippen molar-refractivity contribution in [3.63, 3.8) is 0 Å². The van der Waals surface area contributed by atoms with Gasteiger partial charge in [0.2, 0.25) is 0 Å². The van der Waals surface area contributed by atoms with Gasteiger partial charge in [0.25, 0.3) is 5.56 Å². The maximum atomic E-state index is 14.5. The van der Waals surface area contributed by atoms with E-state index in [0.717, 1.165) is 18.4 Å². The Bertz CT molecular complexity index is 851. The van der Waals surface area contributed by atoms with E-state index in [0.29, 0.717) is 42.4 Å². The number of benzene rings is 1. The Morgan fingerprint density at radius 3 is 2.77 bits per heavy atom. The number of halogens is 1. The van der Waals surface area contributed by atoms with E-state index >= 15 is 0 Å². The molecule has 2 aromatic rings. The summed E-state index contributed by atoms with van der Waals surface area (Å²) in [4.78, 5) is 29.9. The first-order valence-corrected chi connectivity index (χ1v) is 7.46. The summed E-state index contributed by atoms with van der Waals surface area (Å²) >= 11 is 0. The first-order chi connectivity index (χ1) is 10.6. The predicted octanol–water partition coefficient (Wildman–Crippen LogP) is 1.60. The number of nitrogens with one attached hydrogen (secondary N) is 2. The molecule has 1 aliphatic carbocycles. The van der Waals surface area contributed by atoms with E-state index in [1.165, 1.54) is 0 Å². The normalized spacial score (nSPS) is 17.7. The molecule has 1 aromatic heterocycles. The van der Waals surface area contributed by atoms with Crippen LogP contribution in [0.25, 0.3) is 0 Å². The van der Waals surface area contributed by atoms with Gasteiger partial charge in [-0.2, -0.15) is 0 Å². The van der Waals surface area contributed by atoms with Gasteiger partial charge >= 0.3 is 5.69 Å². The van der Waals surface area contributed by atoms with Crippen molar-refractivity contribution in [2.45, 2.75) is 38.4 Å². The molecule has 114 valence electrons. The van der Waals surface area contributed by atoms with E-state index in [-0.39, 0.29) is 11.4 Å². The van der Waals surface area contributed by atoms with Crippen LogP contribution in [-0.2, 0) is 19.6 Å². The van der Waals surface area contributed by atoms with Crippen molar-refractivity contribution in [2.75, 3.05) is 0 Å². The molecule has 0 radical (unpaired) electrons. The molecule has 5 nitrogen and oxygen atoms in total. The largest absolute Gasteiger partial charge is 0.325 e. The maximum Gasteiger partial charge on any atom is 0.325 e. The van der Waals surface area contributed by atoms with Crippen LogP contribution in [0.5, 0.6) is 0 Å². The molecular formula is C16H16FN3O2. The molecule has 1 fully saturated rings. The zero-order chi connectivity index (χ0) is 15.3. The van der Waals surface area contributed by atoms with Gasteiger partial charge < -0.3 is 4.98 Å². The SMILES string of the molecule is O=c1[nH]c2c(c(=O)[nH]1)CN(Cc1cccc(C3CC3)c1F)C2. The average Bonchev–Trinajstić information content (AvgIpc) is 3.22. The van der Waals surface area contributed by atoms with Gasteiger partial charge in [0.15, 0.2) is 0 Å². The molecule has 1 saturated carbocycles. The Morgan fingerprint density at radius 1 is 1.18 bits per heavy atom. The Balaban J connectivity index is 1.59. The van der Waals surface area contributed by atoms with E-state index in [2.05, 4.69) is 9.97 Å². The lowest BCUT2D eigenvalue weighted by Gasteiger charge is -2.16. The van der Waals surface area contributed by atoms with Crippen LogP contribution in [0, 0.1) is 5.82 Å². The third kappa shape index (κ3) is 2.29. The minimum Gasteiger partial charge on any atom is -0.310 e. The summed E-state index contributed by atoms with van der Waals surface area (Å²) in [7, 11) is 0. The molecule has 22 heavy (non-hydrogen) atoms. The maximum absolute atomic E-state index is 14.5. The molecule has 1 aromatic carbocycles. The second kappa shape index (κ2) is 4.91. The molecule has 0 saturated heterocycles. The van der Waals surface area contributed by atoms with Crippen molar-refractivity contribution in [1.29, 1.82) is 0 Å². The molecule has 2 aliphatic rings. The van der Waals surface area contributed by atoms with Crippen LogP contribution in [0.1, 0.15) is 41.1 Å². The van der Waals surface area contributed by atoms with E-state index in [1.54, 1.807) is 6.07 Å². The van der Waals surface area contributed by atoms with Crippen LogP contribution in [0.15, 0.2) is 27.8 Å². The minimum absolute atomic E-state index is 0.122. The fourth-order valence-corrected chi connectivity index (χ4v) is 3.15. The first kappa shape index (κ1) is 13.5. The van der Waals surface area contributed by atoms with Crippen molar-refractivity contribution in [1.82, 2.24) is 14.9 Å². The van der Waals surface area contributed by atoms with E-state index in [1.807, 2.05) is 17.0 Å². The van der Waals surface area contributed by atoms with Crippen LogP contribution in [0.2, 0.25) is 0 Å². The summed E-state index contributed by atoms with van der Waals surface area (Å²) in [6.07, 6.45) is 2.12. The zero-order valence-electron chi connectivity index (χ0n) is 12.0. The summed E-state index contributed by atoms with van der Waals surface area (Å²) in [5.74, 6) is 0.248. The zero-order valence-corrected chi connectivity index (χ0v) is 12.0. The molecule has 4 rings (SSSR count). The number of fused-ring (bicyclic) bond motifs is 1. The highest BCUT2D eigenvalue weighted by atomic mass is 19.1. The standard InChI is InChI=1S/C16H16FN3O2/c17-14-10(2-1-3-11(14)9-4-5-9)6-20-7-12-13(8-20)18-16(22)19-15(12)21/h1-3,9H,4-8H2,(H2,18,19,21,22). The first-order valence-electron chi connectivity index (χ1n) is 7.46. The number of nitrogens with zero attached hydrogens (tertiary/aromatic N) is 1. The number of aromatic amines is 2. The van der Waals surface area contributed by atoms with Gasteiger partial charge in [0.05, 0.1) is 5.56 Å². The van der Waals surface area contributed by atoms with Crippen molar-refractivity contribution in [3.8, 4) is 0 Å². The average molecular weight is 301 g/mol. The number of aromatic nitrogens is 2. The molecule has 6 heteroatoms. The Morgan fingerprint density at radius 2 is 2.00 bits per heavy atom. The van der Waals surface area contributed by atoms with Gasteiger partial charge in [0, 0.05) is 30.9 Å². The summed E-state index contributed by atoms with van der Waals surface area (Å²) in [5.41, 5.74) is 1.81. The van der Waals surface area contributed by atoms with Gasteiger partial charge in [0.1, 0.15) is 5.82 Å². The van der Waals surface area contributed by atoms with Crippen molar-refractivity contribution >= 4 is 0 Å². The van der Waals surface area contributed by atoms with Crippen molar-refractivity contribution in [3.05, 3.63) is 67.2 Å². The highest BCUT2D eigenvalue weighted by Gasteiger charge is 2.28. The Hall–Kier alpha value is -2.21. The highest BCUT2D eigenvalue weighted by Crippen LogP contribution is 2.41. The van der Waals surface area contributed by atoms with Crippen LogP contribution in [0.3, 0.4) is 0 Å². The van der Waals surface area contributed by atoms with Gasteiger partial charge in [-0.3, -0.25) is 14.7 Å². The van der Waals surface area contributed by atoms with Crippen LogP contribution in [0.4, 0.5) is 4.39 Å². The minimum atomic E-state index is -0.493. The highest BCUT2D eigenvalue weighted by molar-refractivity contribution is 5.32. The van der Waals surface area contributed by atoms with Gasteiger partial charge in [-0.1, -0.05) is 18.2 Å². The summed E-state index contributed by atoms with van der Waals surface area (Å²) in [5, 5.41) is 0. The van der Waals surface area contributed by atoms with Gasteiger partial charge in [-0.25, -0.2) is 9.18 Å². The lowest BCUT2D eigenvalue weighted by atomic mass is 10.1. The van der Waals surface area contributed by atoms with E-state index in [4.69, 9.17) is 0 Å². The Labute approximate surface area is 125 Å². The number of hydrogen-bond acceptors (Lipinski definition) is 3. The monoisotopic (exact) mass is 301 g/mol. The van der Waals surface area contributed by atoms with Gasteiger partial charge in [-0.15, -0.1) is 0 Å². The molecule has 1 aliphatic heterocycles. The van der Waals surface area contributed by atoms with Crippen LogP contribution in [-0.4, -0.2) is 14.9 Å². The second-order valence-electron chi connectivity index (χ2n) is 6.11. The smallest absolute Gasteiger partial charge is 0.310 e. The topological polar surface area (TPSA) is 69.0 Å². The molecule has 0 bridgehead atoms. The van der Waals surface area contributed by atoms with Gasteiger partial charge in [-0.05, 0) is 24.3 Å². The molecular weight excluding hydrogens is 285 g/mol. The van der Waals surface area contributed by atoms with E-state index in [9.17, 15) is 14.0 Å². The van der Waals surface area contributed by atoms with Crippen LogP contribution >= 0.6 is 0 Å².